The lowest BCUT2D eigenvalue weighted by molar-refractivity contribution is -0.163. The van der Waals surface area contributed by atoms with Crippen LogP contribution in [0.4, 0.5) is 0 Å². The first-order chi connectivity index (χ1) is 16.2. The molecule has 0 spiro atoms. The molecule has 0 N–H and O–H groups in total. The molecule has 3 aromatic rings. The standard InChI is InChI=1S/C25H22N4O4/c26-28-27-22-15-29(24(22)30)23(25(31)33-17-19-9-5-2-6-10-19)20-11-13-21(14-12-20)32-16-18-7-3-1-4-8-18/h1-14,22-23H,15-17H2. The van der Waals surface area contributed by atoms with Crippen LogP contribution in [0, 0.1) is 0 Å². The van der Waals surface area contributed by atoms with E-state index in [1.165, 1.54) is 4.90 Å². The predicted octanol–water partition coefficient (Wildman–Crippen LogP) is 4.57. The Morgan fingerprint density at radius 1 is 0.970 bits per heavy atom. The molecular formula is C25H22N4O4. The zero-order valence-electron chi connectivity index (χ0n) is 17.8. The first-order valence-electron chi connectivity index (χ1n) is 10.5. The van der Waals surface area contributed by atoms with E-state index in [0.717, 1.165) is 11.1 Å². The van der Waals surface area contributed by atoms with Crippen molar-refractivity contribution in [1.29, 1.82) is 0 Å². The van der Waals surface area contributed by atoms with E-state index >= 15 is 0 Å². The van der Waals surface area contributed by atoms with Gasteiger partial charge in [-0.3, -0.25) is 4.79 Å². The summed E-state index contributed by atoms with van der Waals surface area (Å²) in [5.41, 5.74) is 11.1. The summed E-state index contributed by atoms with van der Waals surface area (Å²) in [6.07, 6.45) is 0. The predicted molar refractivity (Wildman–Crippen MR) is 121 cm³/mol. The third kappa shape index (κ3) is 5.31. The van der Waals surface area contributed by atoms with E-state index in [1.54, 1.807) is 24.3 Å². The maximum atomic E-state index is 13.0. The molecule has 1 fully saturated rings. The van der Waals surface area contributed by atoms with Gasteiger partial charge in [-0.25, -0.2) is 4.79 Å². The Morgan fingerprint density at radius 2 is 1.58 bits per heavy atom. The summed E-state index contributed by atoms with van der Waals surface area (Å²) in [5, 5.41) is 3.47. The van der Waals surface area contributed by atoms with Gasteiger partial charge in [0.1, 0.15) is 25.0 Å². The molecule has 166 valence electrons. The van der Waals surface area contributed by atoms with Gasteiger partial charge in [-0.15, -0.1) is 0 Å². The summed E-state index contributed by atoms with van der Waals surface area (Å²) in [6, 6.07) is 24.3. The molecule has 8 heteroatoms. The van der Waals surface area contributed by atoms with Gasteiger partial charge in [0, 0.05) is 11.5 Å². The maximum Gasteiger partial charge on any atom is 0.333 e. The first-order valence-corrected chi connectivity index (χ1v) is 10.5. The monoisotopic (exact) mass is 442 g/mol. The van der Waals surface area contributed by atoms with E-state index in [1.807, 2.05) is 60.7 Å². The van der Waals surface area contributed by atoms with Gasteiger partial charge in [0.25, 0.3) is 0 Å². The molecule has 0 aromatic heterocycles. The molecule has 3 aromatic carbocycles. The minimum atomic E-state index is -0.936. The summed E-state index contributed by atoms with van der Waals surface area (Å²) >= 11 is 0. The summed E-state index contributed by atoms with van der Waals surface area (Å²) in [7, 11) is 0. The van der Waals surface area contributed by atoms with E-state index in [2.05, 4.69) is 10.0 Å². The molecule has 0 saturated carbocycles. The fourth-order valence-electron chi connectivity index (χ4n) is 3.55. The largest absolute Gasteiger partial charge is 0.489 e. The van der Waals surface area contributed by atoms with Crippen molar-refractivity contribution in [3.05, 3.63) is 112 Å². The van der Waals surface area contributed by atoms with Gasteiger partial charge < -0.3 is 14.4 Å². The van der Waals surface area contributed by atoms with Crippen LogP contribution < -0.4 is 4.74 Å². The number of azide groups is 1. The van der Waals surface area contributed by atoms with Crippen molar-refractivity contribution in [2.24, 2.45) is 5.11 Å². The van der Waals surface area contributed by atoms with E-state index in [-0.39, 0.29) is 13.2 Å². The lowest BCUT2D eigenvalue weighted by Crippen LogP contribution is -2.58. The molecule has 1 saturated heterocycles. The summed E-state index contributed by atoms with van der Waals surface area (Å²) < 4.78 is 11.3. The van der Waals surface area contributed by atoms with Crippen molar-refractivity contribution in [2.45, 2.75) is 25.3 Å². The van der Waals surface area contributed by atoms with Crippen molar-refractivity contribution in [3.8, 4) is 5.75 Å². The van der Waals surface area contributed by atoms with Crippen molar-refractivity contribution in [3.63, 3.8) is 0 Å². The second-order valence-electron chi connectivity index (χ2n) is 7.55. The van der Waals surface area contributed by atoms with E-state index < -0.39 is 24.0 Å². The molecule has 2 atom stereocenters. The molecule has 0 aliphatic carbocycles. The van der Waals surface area contributed by atoms with Crippen LogP contribution in [0.25, 0.3) is 10.4 Å². The van der Waals surface area contributed by atoms with Gasteiger partial charge in [-0.1, -0.05) is 77.9 Å². The number of carbonyl (C=O) groups is 2. The minimum Gasteiger partial charge on any atom is -0.489 e. The maximum absolute atomic E-state index is 13.0. The highest BCUT2D eigenvalue weighted by atomic mass is 16.5. The Kier molecular flexibility index (Phi) is 6.87. The van der Waals surface area contributed by atoms with Crippen LogP contribution in [0.1, 0.15) is 22.7 Å². The second kappa shape index (κ2) is 10.3. The number of likely N-dealkylation sites (tertiary alicyclic amines) is 1. The van der Waals surface area contributed by atoms with Gasteiger partial charge in [-0.05, 0) is 34.4 Å². The van der Waals surface area contributed by atoms with Gasteiger partial charge in [0.15, 0.2) is 6.04 Å². The lowest BCUT2D eigenvalue weighted by atomic mass is 9.98. The van der Waals surface area contributed by atoms with E-state index in [0.29, 0.717) is 17.9 Å². The van der Waals surface area contributed by atoms with Gasteiger partial charge >= 0.3 is 5.97 Å². The highest BCUT2D eigenvalue weighted by Crippen LogP contribution is 2.31. The normalized spacial score (nSPS) is 15.7. The molecule has 1 aliphatic heterocycles. The number of hydrogen-bond acceptors (Lipinski definition) is 5. The summed E-state index contributed by atoms with van der Waals surface area (Å²) in [4.78, 5) is 29.6. The lowest BCUT2D eigenvalue weighted by Gasteiger charge is -2.40. The van der Waals surface area contributed by atoms with Crippen LogP contribution in [-0.4, -0.2) is 29.4 Å². The van der Waals surface area contributed by atoms with Crippen molar-refractivity contribution in [1.82, 2.24) is 4.90 Å². The quantitative estimate of drug-likeness (QED) is 0.159. The number of rotatable bonds is 9. The number of esters is 1. The number of benzene rings is 3. The first kappa shape index (κ1) is 21.9. The molecular weight excluding hydrogens is 420 g/mol. The summed E-state index contributed by atoms with van der Waals surface area (Å²) in [5.74, 6) is -0.315. The molecule has 0 radical (unpaired) electrons. The van der Waals surface area contributed by atoms with E-state index in [9.17, 15) is 9.59 Å². The van der Waals surface area contributed by atoms with Crippen LogP contribution in [-0.2, 0) is 27.5 Å². The van der Waals surface area contributed by atoms with Crippen LogP contribution >= 0.6 is 0 Å². The molecule has 2 unspecified atom stereocenters. The SMILES string of the molecule is [N-]=[N+]=NC1CN(C(C(=O)OCc2ccccc2)c2ccc(OCc3ccccc3)cc2)C1=O. The Morgan fingerprint density at radius 3 is 2.15 bits per heavy atom. The second-order valence-corrected chi connectivity index (χ2v) is 7.55. The van der Waals surface area contributed by atoms with Crippen LogP contribution in [0.5, 0.6) is 5.75 Å². The van der Waals surface area contributed by atoms with Crippen LogP contribution in [0.15, 0.2) is 90.0 Å². The van der Waals surface area contributed by atoms with Crippen molar-refractivity contribution >= 4 is 11.9 Å². The molecule has 8 nitrogen and oxygen atoms in total. The average Bonchev–Trinajstić information content (AvgIpc) is 2.87. The number of β-lactam (4-membered cyclic amide) rings is 1. The molecule has 33 heavy (non-hydrogen) atoms. The molecule has 1 aliphatic rings. The third-order valence-electron chi connectivity index (χ3n) is 5.33. The highest BCUT2D eigenvalue weighted by molar-refractivity contribution is 5.93. The molecule has 1 heterocycles. The van der Waals surface area contributed by atoms with Crippen molar-refractivity contribution < 1.29 is 19.1 Å². The van der Waals surface area contributed by atoms with Gasteiger partial charge in [-0.2, -0.15) is 0 Å². The number of amides is 1. The minimum absolute atomic E-state index is 0.0935. The Hall–Kier alpha value is -4.29. The fourth-order valence-corrected chi connectivity index (χ4v) is 3.55. The van der Waals surface area contributed by atoms with E-state index in [4.69, 9.17) is 15.0 Å². The fraction of sp³-hybridized carbons (Fsp3) is 0.200. The topological polar surface area (TPSA) is 105 Å². The average molecular weight is 442 g/mol. The molecule has 4 rings (SSSR count). The van der Waals surface area contributed by atoms with Gasteiger partial charge in [0.2, 0.25) is 5.91 Å². The number of nitrogens with zero attached hydrogens (tertiary/aromatic N) is 4. The zero-order chi connectivity index (χ0) is 23.0. The van der Waals surface area contributed by atoms with Crippen LogP contribution in [0.3, 0.4) is 0 Å². The van der Waals surface area contributed by atoms with Crippen LogP contribution in [0.2, 0.25) is 0 Å². The Bertz CT molecular complexity index is 1150. The number of carbonyl (C=O) groups excluding carboxylic acids is 2. The summed E-state index contributed by atoms with van der Waals surface area (Å²) in [6.45, 7) is 0.664. The molecule has 0 bridgehead atoms. The van der Waals surface area contributed by atoms with Crippen molar-refractivity contribution in [2.75, 3.05) is 6.54 Å². The highest BCUT2D eigenvalue weighted by Gasteiger charge is 2.44. The third-order valence-corrected chi connectivity index (χ3v) is 5.33. The number of hydrogen-bond donors (Lipinski definition) is 0. The van der Waals surface area contributed by atoms with Gasteiger partial charge in [0.05, 0.1) is 0 Å². The smallest absolute Gasteiger partial charge is 0.333 e. The Labute approximate surface area is 191 Å². The Balaban J connectivity index is 1.48. The molecule has 1 amide bonds. The zero-order valence-corrected chi connectivity index (χ0v) is 17.8. The number of ether oxygens (including phenoxy) is 2.